The first-order valence-corrected chi connectivity index (χ1v) is 7.71. The molecular formula is C15H13F3N4S. The van der Waals surface area contributed by atoms with Crippen LogP contribution in [-0.4, -0.2) is 27.3 Å². The molecule has 2 heterocycles. The third-order valence-electron chi connectivity index (χ3n) is 3.03. The molecule has 3 rings (SSSR count). The zero-order valence-corrected chi connectivity index (χ0v) is 12.7. The molecule has 0 amide bonds. The quantitative estimate of drug-likeness (QED) is 0.755. The number of rotatable bonds is 5. The summed E-state index contributed by atoms with van der Waals surface area (Å²) in [6.45, 7) is -0.203. The highest BCUT2D eigenvalue weighted by molar-refractivity contribution is 7.99. The summed E-state index contributed by atoms with van der Waals surface area (Å²) in [6, 6.07) is 11.4. The van der Waals surface area contributed by atoms with Gasteiger partial charge in [-0.2, -0.15) is 18.3 Å². The Kier molecular flexibility index (Phi) is 4.42. The number of alkyl halides is 3. The standard InChI is InChI=1S/C15H13F3N4S/c16-15(17,18)6-7-19-12-10-13(21-22-9-8-20-14(12)22)23-11-4-2-1-3-5-11/h1-5,8-10,19H,6-7H2. The topological polar surface area (TPSA) is 42.2 Å². The Bertz CT molecular complexity index is 786. The van der Waals surface area contributed by atoms with Gasteiger partial charge in [0.15, 0.2) is 5.65 Å². The number of hydrogen-bond acceptors (Lipinski definition) is 4. The Morgan fingerprint density at radius 2 is 1.96 bits per heavy atom. The largest absolute Gasteiger partial charge is 0.390 e. The minimum atomic E-state index is -4.19. The van der Waals surface area contributed by atoms with E-state index in [0.717, 1.165) is 4.90 Å². The number of hydrogen-bond donors (Lipinski definition) is 1. The molecule has 23 heavy (non-hydrogen) atoms. The van der Waals surface area contributed by atoms with Crippen LogP contribution in [0, 0.1) is 0 Å². The van der Waals surface area contributed by atoms with Gasteiger partial charge < -0.3 is 5.32 Å². The lowest BCUT2D eigenvalue weighted by Gasteiger charge is -2.11. The first-order chi connectivity index (χ1) is 11.0. The molecule has 8 heteroatoms. The van der Waals surface area contributed by atoms with Crippen LogP contribution in [-0.2, 0) is 0 Å². The van der Waals surface area contributed by atoms with Crippen LogP contribution in [0.3, 0.4) is 0 Å². The van der Waals surface area contributed by atoms with E-state index in [2.05, 4.69) is 15.4 Å². The fourth-order valence-electron chi connectivity index (χ4n) is 2.02. The molecule has 2 aromatic heterocycles. The van der Waals surface area contributed by atoms with Crippen LogP contribution < -0.4 is 5.32 Å². The van der Waals surface area contributed by atoms with Gasteiger partial charge in [0.25, 0.3) is 0 Å². The van der Waals surface area contributed by atoms with Crippen LogP contribution in [0.5, 0.6) is 0 Å². The van der Waals surface area contributed by atoms with E-state index in [-0.39, 0.29) is 6.54 Å². The van der Waals surface area contributed by atoms with Crippen LogP contribution in [0.4, 0.5) is 18.9 Å². The molecule has 120 valence electrons. The van der Waals surface area contributed by atoms with E-state index < -0.39 is 12.6 Å². The minimum absolute atomic E-state index is 0.203. The zero-order chi connectivity index (χ0) is 16.3. The van der Waals surface area contributed by atoms with Gasteiger partial charge in [-0.1, -0.05) is 30.0 Å². The second-order valence-electron chi connectivity index (χ2n) is 4.80. The van der Waals surface area contributed by atoms with Crippen molar-refractivity contribution in [2.75, 3.05) is 11.9 Å². The van der Waals surface area contributed by atoms with Crippen LogP contribution in [0.1, 0.15) is 6.42 Å². The number of nitrogens with one attached hydrogen (secondary N) is 1. The molecule has 0 aliphatic rings. The number of anilines is 1. The summed E-state index contributed by atoms with van der Waals surface area (Å²) in [6.07, 6.45) is -1.86. The lowest BCUT2D eigenvalue weighted by molar-refractivity contribution is -0.131. The van der Waals surface area contributed by atoms with Crippen molar-refractivity contribution >= 4 is 23.1 Å². The molecule has 0 aliphatic carbocycles. The van der Waals surface area contributed by atoms with E-state index >= 15 is 0 Å². The predicted octanol–water partition coefficient (Wildman–Crippen LogP) is 4.24. The van der Waals surface area contributed by atoms with Gasteiger partial charge in [-0.05, 0) is 18.2 Å². The summed E-state index contributed by atoms with van der Waals surface area (Å²) in [7, 11) is 0. The Hall–Kier alpha value is -2.22. The fraction of sp³-hybridized carbons (Fsp3) is 0.200. The average Bonchev–Trinajstić information content (AvgIpc) is 2.95. The number of imidazole rings is 1. The van der Waals surface area contributed by atoms with Crippen molar-refractivity contribution < 1.29 is 13.2 Å². The molecule has 0 radical (unpaired) electrons. The molecule has 0 bridgehead atoms. The van der Waals surface area contributed by atoms with E-state index in [4.69, 9.17) is 0 Å². The summed E-state index contributed by atoms with van der Waals surface area (Å²) < 4.78 is 38.5. The molecule has 0 spiro atoms. The van der Waals surface area contributed by atoms with Gasteiger partial charge in [0.05, 0.1) is 12.1 Å². The summed E-state index contributed by atoms with van der Waals surface area (Å²) in [5.41, 5.74) is 1.04. The van der Waals surface area contributed by atoms with Crippen molar-refractivity contribution in [2.45, 2.75) is 22.5 Å². The number of aromatic nitrogens is 3. The molecule has 0 saturated heterocycles. The SMILES string of the molecule is FC(F)(F)CCNc1cc(Sc2ccccc2)nn2ccnc12. The highest BCUT2D eigenvalue weighted by Crippen LogP contribution is 2.29. The highest BCUT2D eigenvalue weighted by Gasteiger charge is 2.26. The second kappa shape index (κ2) is 6.49. The van der Waals surface area contributed by atoms with Gasteiger partial charge in [-0.25, -0.2) is 9.50 Å². The van der Waals surface area contributed by atoms with Crippen molar-refractivity contribution in [3.05, 3.63) is 48.8 Å². The number of nitrogens with zero attached hydrogens (tertiary/aromatic N) is 3. The van der Waals surface area contributed by atoms with Gasteiger partial charge >= 0.3 is 6.18 Å². The van der Waals surface area contributed by atoms with Gasteiger partial charge in [0.1, 0.15) is 5.03 Å². The fourth-order valence-corrected chi connectivity index (χ4v) is 2.86. The zero-order valence-electron chi connectivity index (χ0n) is 11.9. The summed E-state index contributed by atoms with van der Waals surface area (Å²) >= 11 is 1.44. The second-order valence-corrected chi connectivity index (χ2v) is 5.89. The van der Waals surface area contributed by atoms with Gasteiger partial charge in [-0.3, -0.25) is 0 Å². The average molecular weight is 338 g/mol. The Morgan fingerprint density at radius 3 is 2.70 bits per heavy atom. The van der Waals surface area contributed by atoms with Crippen molar-refractivity contribution in [1.29, 1.82) is 0 Å². The molecule has 1 N–H and O–H groups in total. The van der Waals surface area contributed by atoms with Crippen LogP contribution in [0.2, 0.25) is 0 Å². The maximum atomic E-state index is 12.3. The summed E-state index contributed by atoms with van der Waals surface area (Å²) in [5.74, 6) is 0. The molecule has 1 aromatic carbocycles. The maximum absolute atomic E-state index is 12.3. The highest BCUT2D eigenvalue weighted by atomic mass is 32.2. The first-order valence-electron chi connectivity index (χ1n) is 6.89. The molecule has 4 nitrogen and oxygen atoms in total. The molecule has 0 saturated carbocycles. The van der Waals surface area contributed by atoms with Gasteiger partial charge in [-0.15, -0.1) is 0 Å². The van der Waals surface area contributed by atoms with E-state index in [0.29, 0.717) is 16.4 Å². The predicted molar refractivity (Wildman–Crippen MR) is 82.7 cm³/mol. The van der Waals surface area contributed by atoms with E-state index in [1.807, 2.05) is 30.3 Å². The molecule has 3 aromatic rings. The van der Waals surface area contributed by atoms with E-state index in [1.54, 1.807) is 23.0 Å². The lowest BCUT2D eigenvalue weighted by Crippen LogP contribution is -2.15. The number of halogens is 3. The van der Waals surface area contributed by atoms with Crippen LogP contribution in [0.25, 0.3) is 5.65 Å². The van der Waals surface area contributed by atoms with Gasteiger partial charge in [0, 0.05) is 23.8 Å². The monoisotopic (exact) mass is 338 g/mol. The first kappa shape index (κ1) is 15.7. The smallest absolute Gasteiger partial charge is 0.382 e. The Balaban J connectivity index is 1.83. The maximum Gasteiger partial charge on any atom is 0.390 e. The third-order valence-corrected chi connectivity index (χ3v) is 3.94. The molecule has 0 aliphatic heterocycles. The van der Waals surface area contributed by atoms with Crippen molar-refractivity contribution in [2.24, 2.45) is 0 Å². The number of fused-ring (bicyclic) bond motifs is 1. The van der Waals surface area contributed by atoms with Crippen molar-refractivity contribution in [3.63, 3.8) is 0 Å². The minimum Gasteiger partial charge on any atom is -0.382 e. The van der Waals surface area contributed by atoms with Gasteiger partial charge in [0.2, 0.25) is 0 Å². The van der Waals surface area contributed by atoms with Crippen LogP contribution in [0.15, 0.2) is 58.7 Å². The molecule has 0 atom stereocenters. The van der Waals surface area contributed by atoms with E-state index in [1.165, 1.54) is 11.8 Å². The van der Waals surface area contributed by atoms with Crippen molar-refractivity contribution in [3.8, 4) is 0 Å². The van der Waals surface area contributed by atoms with Crippen molar-refractivity contribution in [1.82, 2.24) is 14.6 Å². The van der Waals surface area contributed by atoms with E-state index in [9.17, 15) is 13.2 Å². The molecule has 0 fully saturated rings. The normalized spacial score (nSPS) is 11.8. The third kappa shape index (κ3) is 4.16. The van der Waals surface area contributed by atoms with Crippen LogP contribution >= 0.6 is 11.8 Å². The summed E-state index contributed by atoms with van der Waals surface area (Å²) in [4.78, 5) is 5.13. The lowest BCUT2D eigenvalue weighted by atomic mass is 10.4. The number of benzene rings is 1. The Labute approximate surface area is 134 Å². The molecular weight excluding hydrogens is 325 g/mol. The molecule has 0 unspecified atom stereocenters. The summed E-state index contributed by atoms with van der Waals surface area (Å²) in [5, 5.41) is 7.88. The Morgan fingerprint density at radius 1 is 1.17 bits per heavy atom.